The van der Waals surface area contributed by atoms with Crippen molar-refractivity contribution in [2.45, 2.75) is 6.92 Å². The number of halogens is 1. The molecule has 82 valence electrons. The maximum absolute atomic E-state index is 12.3. The number of carbonyl (C=O) groups is 1. The Morgan fingerprint density at radius 1 is 1.19 bits per heavy atom. The number of ether oxygens (including phenoxy) is 1. The molecule has 2 rings (SSSR count). The van der Waals surface area contributed by atoms with Gasteiger partial charge in [0.2, 0.25) is 0 Å². The molecule has 0 fully saturated rings. The standard InChI is InChI=1S/C12H9FO2S/c1-8-2-7-11(16-8)15-10-5-3-9(4-6-10)12(13)14/h2-7H,1H3. The molecule has 16 heavy (non-hydrogen) atoms. The van der Waals surface area contributed by atoms with E-state index < -0.39 is 6.04 Å². The highest BCUT2D eigenvalue weighted by Crippen LogP contribution is 2.28. The maximum atomic E-state index is 12.3. The molecule has 0 unspecified atom stereocenters. The van der Waals surface area contributed by atoms with Crippen molar-refractivity contribution < 1.29 is 13.9 Å². The summed E-state index contributed by atoms with van der Waals surface area (Å²) in [4.78, 5) is 11.6. The highest BCUT2D eigenvalue weighted by molar-refractivity contribution is 7.13. The van der Waals surface area contributed by atoms with Crippen molar-refractivity contribution in [1.29, 1.82) is 0 Å². The van der Waals surface area contributed by atoms with E-state index >= 15 is 0 Å². The van der Waals surface area contributed by atoms with Crippen molar-refractivity contribution in [3.05, 3.63) is 46.8 Å². The lowest BCUT2D eigenvalue weighted by atomic mass is 10.2. The fourth-order valence-corrected chi connectivity index (χ4v) is 1.96. The molecule has 2 aromatic rings. The summed E-state index contributed by atoms with van der Waals surface area (Å²) in [5, 5.41) is 0.775. The summed E-state index contributed by atoms with van der Waals surface area (Å²) in [5.74, 6) is 0.590. The minimum absolute atomic E-state index is 0.0368. The van der Waals surface area contributed by atoms with E-state index in [1.165, 1.54) is 23.5 Å². The van der Waals surface area contributed by atoms with Crippen LogP contribution in [0.1, 0.15) is 15.2 Å². The highest BCUT2D eigenvalue weighted by atomic mass is 32.1. The van der Waals surface area contributed by atoms with Gasteiger partial charge in [0, 0.05) is 4.88 Å². The lowest BCUT2D eigenvalue weighted by Gasteiger charge is -2.02. The van der Waals surface area contributed by atoms with Crippen molar-refractivity contribution in [2.24, 2.45) is 0 Å². The molecular weight excluding hydrogens is 227 g/mol. The van der Waals surface area contributed by atoms with Crippen LogP contribution in [0.25, 0.3) is 0 Å². The Morgan fingerprint density at radius 2 is 1.88 bits per heavy atom. The monoisotopic (exact) mass is 236 g/mol. The highest BCUT2D eigenvalue weighted by Gasteiger charge is 2.04. The van der Waals surface area contributed by atoms with E-state index in [1.807, 2.05) is 19.1 Å². The first kappa shape index (κ1) is 10.8. The normalized spacial score (nSPS) is 10.1. The molecule has 1 aromatic heterocycles. The van der Waals surface area contributed by atoms with E-state index in [9.17, 15) is 9.18 Å². The van der Waals surface area contributed by atoms with Crippen LogP contribution in [0.4, 0.5) is 4.39 Å². The molecule has 0 saturated carbocycles. The van der Waals surface area contributed by atoms with Crippen LogP contribution in [0.5, 0.6) is 10.8 Å². The van der Waals surface area contributed by atoms with Crippen LogP contribution in [0.2, 0.25) is 0 Å². The molecule has 0 radical (unpaired) electrons. The number of hydrogen-bond acceptors (Lipinski definition) is 3. The zero-order valence-electron chi connectivity index (χ0n) is 8.57. The van der Waals surface area contributed by atoms with Crippen LogP contribution in [-0.2, 0) is 0 Å². The topological polar surface area (TPSA) is 26.3 Å². The largest absolute Gasteiger partial charge is 0.447 e. The predicted molar refractivity (Wildman–Crippen MR) is 61.0 cm³/mol. The number of hydrogen-bond donors (Lipinski definition) is 0. The Morgan fingerprint density at radius 3 is 2.38 bits per heavy atom. The van der Waals surface area contributed by atoms with E-state index in [-0.39, 0.29) is 5.56 Å². The summed E-state index contributed by atoms with van der Waals surface area (Å²) in [7, 11) is 0. The SMILES string of the molecule is Cc1ccc(Oc2ccc(C(=O)F)cc2)s1. The van der Waals surface area contributed by atoms with Crippen LogP contribution in [-0.4, -0.2) is 6.04 Å². The van der Waals surface area contributed by atoms with Crippen LogP contribution in [0.3, 0.4) is 0 Å². The van der Waals surface area contributed by atoms with E-state index in [2.05, 4.69) is 0 Å². The molecule has 1 aromatic carbocycles. The maximum Gasteiger partial charge on any atom is 0.332 e. The van der Waals surface area contributed by atoms with Gasteiger partial charge in [0.25, 0.3) is 0 Å². The molecule has 0 atom stereocenters. The molecule has 0 aliphatic heterocycles. The van der Waals surface area contributed by atoms with Gasteiger partial charge in [-0.05, 0) is 43.3 Å². The van der Waals surface area contributed by atoms with E-state index in [1.54, 1.807) is 12.1 Å². The Labute approximate surface area is 96.3 Å². The summed E-state index contributed by atoms with van der Waals surface area (Å²) in [5.41, 5.74) is 0.0368. The summed E-state index contributed by atoms with van der Waals surface area (Å²) < 4.78 is 17.8. The van der Waals surface area contributed by atoms with Crippen molar-refractivity contribution in [3.8, 4) is 10.8 Å². The smallest absolute Gasteiger partial charge is 0.332 e. The molecule has 0 aliphatic rings. The van der Waals surface area contributed by atoms with Crippen molar-refractivity contribution in [3.63, 3.8) is 0 Å². The predicted octanol–water partition coefficient (Wildman–Crippen LogP) is 3.96. The third kappa shape index (κ3) is 2.46. The summed E-state index contributed by atoms with van der Waals surface area (Å²) in [6.45, 7) is 1.99. The molecule has 0 spiro atoms. The quantitative estimate of drug-likeness (QED) is 0.754. The molecule has 1 heterocycles. The van der Waals surface area contributed by atoms with Gasteiger partial charge in [-0.1, -0.05) is 0 Å². The molecule has 0 amide bonds. The molecular formula is C12H9FO2S. The van der Waals surface area contributed by atoms with Crippen LogP contribution < -0.4 is 4.74 Å². The Hall–Kier alpha value is -1.68. The summed E-state index contributed by atoms with van der Waals surface area (Å²) in [6.07, 6.45) is 0. The second-order valence-corrected chi connectivity index (χ2v) is 4.52. The number of rotatable bonds is 3. The van der Waals surface area contributed by atoms with Gasteiger partial charge < -0.3 is 4.74 Å². The van der Waals surface area contributed by atoms with Gasteiger partial charge in [0.15, 0.2) is 5.06 Å². The fourth-order valence-electron chi connectivity index (χ4n) is 1.24. The van der Waals surface area contributed by atoms with Gasteiger partial charge in [-0.25, -0.2) is 0 Å². The van der Waals surface area contributed by atoms with E-state index in [0.29, 0.717) is 5.75 Å². The third-order valence-corrected chi connectivity index (χ3v) is 2.89. The molecule has 0 aliphatic carbocycles. The van der Waals surface area contributed by atoms with Gasteiger partial charge in [-0.2, -0.15) is 4.39 Å². The fraction of sp³-hybridized carbons (Fsp3) is 0.0833. The Bertz CT molecular complexity index is 502. The Kier molecular flexibility index (Phi) is 3.01. The van der Waals surface area contributed by atoms with Crippen molar-refractivity contribution in [1.82, 2.24) is 0 Å². The zero-order chi connectivity index (χ0) is 11.5. The van der Waals surface area contributed by atoms with Gasteiger partial charge in [-0.3, -0.25) is 4.79 Å². The average Bonchev–Trinajstić information content (AvgIpc) is 2.65. The summed E-state index contributed by atoms with van der Waals surface area (Å²) >= 11 is 1.53. The second kappa shape index (κ2) is 4.45. The molecule has 0 bridgehead atoms. The zero-order valence-corrected chi connectivity index (χ0v) is 9.38. The van der Waals surface area contributed by atoms with Gasteiger partial charge >= 0.3 is 6.04 Å². The van der Waals surface area contributed by atoms with Gasteiger partial charge in [0.05, 0.1) is 5.56 Å². The van der Waals surface area contributed by atoms with Crippen LogP contribution in [0, 0.1) is 6.92 Å². The van der Waals surface area contributed by atoms with Gasteiger partial charge in [-0.15, -0.1) is 11.3 Å². The van der Waals surface area contributed by atoms with Crippen LogP contribution in [0.15, 0.2) is 36.4 Å². The van der Waals surface area contributed by atoms with Gasteiger partial charge in [0.1, 0.15) is 5.75 Å². The Balaban J connectivity index is 2.14. The number of aryl methyl sites for hydroxylation is 1. The molecule has 0 saturated heterocycles. The number of carbonyl (C=O) groups excluding carboxylic acids is 1. The second-order valence-electron chi connectivity index (χ2n) is 3.27. The minimum Gasteiger partial charge on any atom is -0.447 e. The first-order valence-electron chi connectivity index (χ1n) is 4.69. The van der Waals surface area contributed by atoms with Crippen molar-refractivity contribution in [2.75, 3.05) is 0 Å². The first-order valence-corrected chi connectivity index (χ1v) is 5.51. The first-order chi connectivity index (χ1) is 7.65. The van der Waals surface area contributed by atoms with E-state index in [0.717, 1.165) is 9.94 Å². The number of benzene rings is 1. The van der Waals surface area contributed by atoms with Crippen LogP contribution >= 0.6 is 11.3 Å². The van der Waals surface area contributed by atoms with E-state index in [4.69, 9.17) is 4.74 Å². The molecule has 0 N–H and O–H groups in total. The molecule has 4 heteroatoms. The van der Waals surface area contributed by atoms with Crippen molar-refractivity contribution >= 4 is 17.4 Å². The average molecular weight is 236 g/mol. The lowest BCUT2D eigenvalue weighted by molar-refractivity contribution is 0.0836. The third-order valence-electron chi connectivity index (χ3n) is 2.02. The minimum atomic E-state index is -1.43. The number of thiophene rings is 1. The lowest BCUT2D eigenvalue weighted by Crippen LogP contribution is -1.89. The molecule has 2 nitrogen and oxygen atoms in total. The summed E-state index contributed by atoms with van der Waals surface area (Å²) in [6, 6.07) is 8.34.